The van der Waals surface area contributed by atoms with E-state index in [1.807, 2.05) is 0 Å². The normalized spacial score (nSPS) is 33.4. The standard InChI is InChI=1S/C4H4F/c5-4-2-1-3-4/h1,4H,2H2. The molecule has 0 aromatic carbocycles. The summed E-state index contributed by atoms with van der Waals surface area (Å²) in [5.74, 6) is 0. The smallest absolute Gasteiger partial charge is 0.129 e. The van der Waals surface area contributed by atoms with Crippen LogP contribution in [-0.4, -0.2) is 6.17 Å². The zero-order chi connectivity index (χ0) is 3.70. The summed E-state index contributed by atoms with van der Waals surface area (Å²) in [5, 5.41) is 0. The molecule has 1 heteroatoms. The molecule has 0 spiro atoms. The third-order valence-corrected chi connectivity index (χ3v) is 0.623. The first kappa shape index (κ1) is 2.88. The Kier molecular flexibility index (Phi) is 0.469. The molecule has 0 heterocycles. The van der Waals surface area contributed by atoms with Gasteiger partial charge in [0.1, 0.15) is 6.17 Å². The highest BCUT2D eigenvalue weighted by Crippen LogP contribution is 2.08. The van der Waals surface area contributed by atoms with E-state index in [1.54, 1.807) is 6.08 Å². The molecule has 27 valence electrons. The van der Waals surface area contributed by atoms with Crippen LogP contribution in [-0.2, 0) is 0 Å². The second kappa shape index (κ2) is 0.814. The summed E-state index contributed by atoms with van der Waals surface area (Å²) in [4.78, 5) is 0. The monoisotopic (exact) mass is 71.0 g/mol. The summed E-state index contributed by atoms with van der Waals surface area (Å²) >= 11 is 0. The van der Waals surface area contributed by atoms with Crippen LogP contribution < -0.4 is 0 Å². The van der Waals surface area contributed by atoms with Crippen molar-refractivity contribution in [3.8, 4) is 0 Å². The molecule has 0 bridgehead atoms. The molecule has 5 heavy (non-hydrogen) atoms. The molecule has 0 aliphatic heterocycles. The topological polar surface area (TPSA) is 0 Å². The van der Waals surface area contributed by atoms with Gasteiger partial charge in [-0.15, -0.1) is 0 Å². The molecular formula is C4H4F. The molecule has 0 N–H and O–H groups in total. The summed E-state index contributed by atoms with van der Waals surface area (Å²) in [5.41, 5.74) is 0. The third-order valence-electron chi connectivity index (χ3n) is 0.623. The van der Waals surface area contributed by atoms with E-state index >= 15 is 0 Å². The number of allylic oxidation sites excluding steroid dienone is 2. The molecule has 1 rings (SSSR count). The molecule has 0 fully saturated rings. The van der Waals surface area contributed by atoms with E-state index in [2.05, 4.69) is 6.08 Å². The third kappa shape index (κ3) is 0.318. The molecule has 0 amide bonds. The summed E-state index contributed by atoms with van der Waals surface area (Å²) in [6.07, 6.45) is 3.96. The number of hydrogen-bond donors (Lipinski definition) is 0. The molecule has 0 saturated carbocycles. The van der Waals surface area contributed by atoms with Crippen LogP contribution in [0.5, 0.6) is 0 Å². The lowest BCUT2D eigenvalue weighted by Crippen LogP contribution is -2.00. The minimum absolute atomic E-state index is 0.583. The maximum absolute atomic E-state index is 11.4. The predicted octanol–water partition coefficient (Wildman–Crippen LogP) is 1.09. The van der Waals surface area contributed by atoms with Gasteiger partial charge in [0.2, 0.25) is 0 Å². The van der Waals surface area contributed by atoms with Gasteiger partial charge in [-0.25, -0.2) is 4.39 Å². The molecule has 1 atom stereocenters. The van der Waals surface area contributed by atoms with Crippen molar-refractivity contribution in [3.05, 3.63) is 12.2 Å². The van der Waals surface area contributed by atoms with E-state index < -0.39 is 6.17 Å². The van der Waals surface area contributed by atoms with Crippen molar-refractivity contribution < 1.29 is 4.39 Å². The van der Waals surface area contributed by atoms with Gasteiger partial charge < -0.3 is 0 Å². The lowest BCUT2D eigenvalue weighted by molar-refractivity contribution is 0.366. The summed E-state index contributed by atoms with van der Waals surface area (Å²) < 4.78 is 11.4. The number of halogens is 1. The van der Waals surface area contributed by atoms with Crippen molar-refractivity contribution in [3.63, 3.8) is 0 Å². The second-order valence-corrected chi connectivity index (χ2v) is 1.07. The van der Waals surface area contributed by atoms with Crippen molar-refractivity contribution in [2.45, 2.75) is 12.6 Å². The quantitative estimate of drug-likeness (QED) is 0.401. The van der Waals surface area contributed by atoms with Gasteiger partial charge >= 0.3 is 0 Å². The maximum atomic E-state index is 11.4. The van der Waals surface area contributed by atoms with Crippen LogP contribution in [0, 0.1) is 6.08 Å². The molecule has 0 aromatic rings. The van der Waals surface area contributed by atoms with Crippen molar-refractivity contribution in [2.75, 3.05) is 0 Å². The fraction of sp³-hybridized carbons (Fsp3) is 0.500. The Morgan fingerprint density at radius 3 is 2.40 bits per heavy atom. The van der Waals surface area contributed by atoms with Gasteiger partial charge in [-0.2, -0.15) is 0 Å². The Bertz CT molecular complexity index is 56.7. The van der Waals surface area contributed by atoms with Crippen molar-refractivity contribution in [2.24, 2.45) is 0 Å². The summed E-state index contributed by atoms with van der Waals surface area (Å²) in [6, 6.07) is 0. The van der Waals surface area contributed by atoms with E-state index in [9.17, 15) is 4.39 Å². The Morgan fingerprint density at radius 1 is 2.00 bits per heavy atom. The second-order valence-electron chi connectivity index (χ2n) is 1.07. The van der Waals surface area contributed by atoms with Gasteiger partial charge in [-0.3, -0.25) is 0 Å². The largest absolute Gasteiger partial charge is 0.242 e. The molecule has 1 unspecified atom stereocenters. The maximum Gasteiger partial charge on any atom is 0.129 e. The van der Waals surface area contributed by atoms with Crippen LogP contribution >= 0.6 is 0 Å². The molecule has 1 radical (unpaired) electrons. The van der Waals surface area contributed by atoms with Crippen LogP contribution in [0.4, 0.5) is 4.39 Å². The Hall–Kier alpha value is -0.330. The number of alkyl halides is 1. The Morgan fingerprint density at radius 2 is 2.40 bits per heavy atom. The first-order chi connectivity index (χ1) is 2.39. The molecule has 1 aliphatic rings. The van der Waals surface area contributed by atoms with Crippen molar-refractivity contribution in [1.82, 2.24) is 0 Å². The average molecular weight is 71.1 g/mol. The van der Waals surface area contributed by atoms with E-state index in [1.165, 1.54) is 0 Å². The van der Waals surface area contributed by atoms with Crippen molar-refractivity contribution in [1.29, 1.82) is 0 Å². The SMILES string of the molecule is FC1[C]=CC1. The molecular weight excluding hydrogens is 67.0 g/mol. The molecule has 0 aromatic heterocycles. The first-order valence-electron chi connectivity index (χ1n) is 1.61. The predicted molar refractivity (Wildman–Crippen MR) is 17.3 cm³/mol. The van der Waals surface area contributed by atoms with Gasteiger partial charge in [0.15, 0.2) is 0 Å². The zero-order valence-corrected chi connectivity index (χ0v) is 2.74. The van der Waals surface area contributed by atoms with E-state index in [-0.39, 0.29) is 0 Å². The molecule has 0 saturated heterocycles. The lowest BCUT2D eigenvalue weighted by Gasteiger charge is -2.02. The van der Waals surface area contributed by atoms with Crippen LogP contribution in [0.25, 0.3) is 0 Å². The van der Waals surface area contributed by atoms with Gasteiger partial charge in [-0.05, 0) is 6.08 Å². The van der Waals surface area contributed by atoms with E-state index in [0.29, 0.717) is 6.42 Å². The Balaban J connectivity index is 2.39. The average Bonchev–Trinajstić information content (AvgIpc) is 1.30. The van der Waals surface area contributed by atoms with Gasteiger partial charge in [0.25, 0.3) is 0 Å². The highest BCUT2D eigenvalue weighted by molar-refractivity contribution is 4.94. The summed E-state index contributed by atoms with van der Waals surface area (Å²) in [6.45, 7) is 0. The highest BCUT2D eigenvalue weighted by atomic mass is 19.1. The first-order valence-corrected chi connectivity index (χ1v) is 1.61. The highest BCUT2D eigenvalue weighted by Gasteiger charge is 2.05. The lowest BCUT2D eigenvalue weighted by atomic mass is 10.1. The zero-order valence-electron chi connectivity index (χ0n) is 2.74. The number of hydrogen-bond acceptors (Lipinski definition) is 0. The molecule has 1 aliphatic carbocycles. The Labute approximate surface area is 30.3 Å². The molecule has 0 nitrogen and oxygen atoms in total. The van der Waals surface area contributed by atoms with Gasteiger partial charge in [-0.1, -0.05) is 6.08 Å². The van der Waals surface area contributed by atoms with Crippen LogP contribution in [0.1, 0.15) is 6.42 Å². The van der Waals surface area contributed by atoms with Crippen LogP contribution in [0.15, 0.2) is 6.08 Å². The van der Waals surface area contributed by atoms with Crippen LogP contribution in [0.3, 0.4) is 0 Å². The minimum Gasteiger partial charge on any atom is -0.242 e. The van der Waals surface area contributed by atoms with Gasteiger partial charge in [0.05, 0.1) is 0 Å². The van der Waals surface area contributed by atoms with E-state index in [4.69, 9.17) is 0 Å². The number of rotatable bonds is 0. The summed E-state index contributed by atoms with van der Waals surface area (Å²) in [7, 11) is 0. The van der Waals surface area contributed by atoms with Crippen LogP contribution in [0.2, 0.25) is 0 Å². The van der Waals surface area contributed by atoms with E-state index in [0.717, 1.165) is 0 Å². The minimum atomic E-state index is -0.741. The fourth-order valence-corrected chi connectivity index (χ4v) is 0.207. The van der Waals surface area contributed by atoms with Crippen molar-refractivity contribution >= 4 is 0 Å². The fourth-order valence-electron chi connectivity index (χ4n) is 0.207. The van der Waals surface area contributed by atoms with Gasteiger partial charge in [0, 0.05) is 6.42 Å².